The normalized spacial score (nSPS) is 12.1. The summed E-state index contributed by atoms with van der Waals surface area (Å²) in [7, 11) is 0. The first-order valence-corrected chi connectivity index (χ1v) is 7.34. The molecule has 4 heteroatoms. The molecule has 0 aliphatic heterocycles. The third kappa shape index (κ3) is 6.06. The molecule has 0 amide bonds. The Hall–Kier alpha value is -1.55. The van der Waals surface area contributed by atoms with Crippen LogP contribution in [0.3, 0.4) is 0 Å². The highest BCUT2D eigenvalue weighted by molar-refractivity contribution is 5.73. The van der Waals surface area contributed by atoms with Gasteiger partial charge in [0.25, 0.3) is 0 Å². The van der Waals surface area contributed by atoms with E-state index in [9.17, 15) is 4.79 Å². The molecule has 0 aliphatic rings. The van der Waals surface area contributed by atoms with Crippen LogP contribution in [0.4, 0.5) is 0 Å². The maximum atomic E-state index is 10.8. The van der Waals surface area contributed by atoms with Gasteiger partial charge in [0, 0.05) is 6.42 Å². The molecule has 0 spiro atoms. The monoisotopic (exact) mass is 279 g/mol. The number of carboxylic acids is 1. The minimum atomic E-state index is -0.987. The van der Waals surface area contributed by atoms with E-state index in [4.69, 9.17) is 15.6 Å². The van der Waals surface area contributed by atoms with Crippen LogP contribution in [-0.2, 0) is 11.2 Å². The van der Waals surface area contributed by atoms with E-state index in [1.54, 1.807) is 0 Å². The molecule has 1 aromatic rings. The van der Waals surface area contributed by atoms with Crippen molar-refractivity contribution < 1.29 is 14.6 Å². The van der Waals surface area contributed by atoms with Gasteiger partial charge in [0.15, 0.2) is 0 Å². The van der Waals surface area contributed by atoms with Gasteiger partial charge in [-0.15, -0.1) is 0 Å². The summed E-state index contributed by atoms with van der Waals surface area (Å²) in [5.41, 5.74) is 6.43. The van der Waals surface area contributed by atoms with Gasteiger partial charge >= 0.3 is 5.97 Å². The van der Waals surface area contributed by atoms with Crippen LogP contribution in [0.5, 0.6) is 5.75 Å². The fraction of sp³-hybridized carbons (Fsp3) is 0.562. The van der Waals surface area contributed by atoms with Crippen molar-refractivity contribution in [3.63, 3.8) is 0 Å². The Kier molecular flexibility index (Phi) is 7.73. The van der Waals surface area contributed by atoms with Crippen molar-refractivity contribution in [2.45, 2.75) is 51.5 Å². The molecule has 1 rings (SSSR count). The number of unbranched alkanes of at least 4 members (excludes halogenated alkanes) is 4. The first-order chi connectivity index (χ1) is 9.65. The second kappa shape index (κ2) is 9.37. The van der Waals surface area contributed by atoms with Gasteiger partial charge in [0.2, 0.25) is 0 Å². The van der Waals surface area contributed by atoms with Gasteiger partial charge in [0.1, 0.15) is 11.8 Å². The predicted molar refractivity (Wildman–Crippen MR) is 80.0 cm³/mol. The van der Waals surface area contributed by atoms with Crippen LogP contribution in [0, 0.1) is 0 Å². The summed E-state index contributed by atoms with van der Waals surface area (Å²) < 4.78 is 5.75. The highest BCUT2D eigenvalue weighted by Gasteiger charge is 2.14. The van der Waals surface area contributed by atoms with Gasteiger partial charge in [-0.2, -0.15) is 0 Å². The molecule has 1 atom stereocenters. The Bertz CT molecular complexity index is 406. The van der Waals surface area contributed by atoms with E-state index in [1.165, 1.54) is 25.7 Å². The molecule has 0 saturated heterocycles. The minimum Gasteiger partial charge on any atom is -0.493 e. The number of carboxylic acid groups (broad SMARTS) is 1. The Morgan fingerprint density at radius 1 is 1.25 bits per heavy atom. The van der Waals surface area contributed by atoms with Gasteiger partial charge in [-0.1, -0.05) is 50.8 Å². The second-order valence-corrected chi connectivity index (χ2v) is 5.02. The summed E-state index contributed by atoms with van der Waals surface area (Å²) in [6.07, 6.45) is 6.23. The van der Waals surface area contributed by atoms with Crippen molar-refractivity contribution >= 4 is 5.97 Å². The third-order valence-corrected chi connectivity index (χ3v) is 3.24. The highest BCUT2D eigenvalue weighted by atomic mass is 16.5. The molecular formula is C16H25NO3. The SMILES string of the molecule is CCCCCCCOc1ccccc1CC(N)C(=O)O. The van der Waals surface area contributed by atoms with Crippen molar-refractivity contribution in [3.05, 3.63) is 29.8 Å². The summed E-state index contributed by atoms with van der Waals surface area (Å²) in [4.78, 5) is 10.8. The van der Waals surface area contributed by atoms with Gasteiger partial charge in [-0.05, 0) is 18.1 Å². The molecule has 3 N–H and O–H groups in total. The van der Waals surface area contributed by atoms with Gasteiger partial charge in [0.05, 0.1) is 6.61 Å². The zero-order valence-corrected chi connectivity index (χ0v) is 12.2. The van der Waals surface area contributed by atoms with Crippen LogP contribution in [0.2, 0.25) is 0 Å². The molecule has 1 aromatic carbocycles. The zero-order valence-electron chi connectivity index (χ0n) is 12.2. The third-order valence-electron chi connectivity index (χ3n) is 3.24. The number of benzene rings is 1. The number of rotatable bonds is 10. The lowest BCUT2D eigenvalue weighted by atomic mass is 10.1. The van der Waals surface area contributed by atoms with Gasteiger partial charge < -0.3 is 15.6 Å². The molecule has 0 aromatic heterocycles. The smallest absolute Gasteiger partial charge is 0.320 e. The minimum absolute atomic E-state index is 0.293. The van der Waals surface area contributed by atoms with Crippen LogP contribution in [0.25, 0.3) is 0 Å². The lowest BCUT2D eigenvalue weighted by molar-refractivity contribution is -0.138. The average molecular weight is 279 g/mol. The number of nitrogens with two attached hydrogens (primary N) is 1. The number of hydrogen-bond donors (Lipinski definition) is 2. The maximum absolute atomic E-state index is 10.8. The molecule has 112 valence electrons. The average Bonchev–Trinajstić information content (AvgIpc) is 2.44. The highest BCUT2D eigenvalue weighted by Crippen LogP contribution is 2.20. The lowest BCUT2D eigenvalue weighted by Crippen LogP contribution is -2.32. The Morgan fingerprint density at radius 3 is 2.65 bits per heavy atom. The van der Waals surface area contributed by atoms with Crippen molar-refractivity contribution in [3.8, 4) is 5.75 Å². The molecule has 20 heavy (non-hydrogen) atoms. The topological polar surface area (TPSA) is 72.5 Å². The first kappa shape index (κ1) is 16.5. The van der Waals surface area contributed by atoms with Crippen molar-refractivity contribution in [1.82, 2.24) is 0 Å². The first-order valence-electron chi connectivity index (χ1n) is 7.34. The van der Waals surface area contributed by atoms with Crippen molar-refractivity contribution in [2.75, 3.05) is 6.61 Å². The fourth-order valence-corrected chi connectivity index (χ4v) is 2.03. The van der Waals surface area contributed by atoms with E-state index in [0.717, 1.165) is 17.7 Å². The summed E-state index contributed by atoms with van der Waals surface area (Å²) in [5, 5.41) is 8.86. The van der Waals surface area contributed by atoms with Crippen molar-refractivity contribution in [1.29, 1.82) is 0 Å². The van der Waals surface area contributed by atoms with E-state index in [-0.39, 0.29) is 0 Å². The van der Waals surface area contributed by atoms with E-state index < -0.39 is 12.0 Å². The number of ether oxygens (including phenoxy) is 1. The largest absolute Gasteiger partial charge is 0.493 e. The van der Waals surface area contributed by atoms with Crippen LogP contribution in [-0.4, -0.2) is 23.7 Å². The Morgan fingerprint density at radius 2 is 1.95 bits per heavy atom. The standard InChI is InChI=1S/C16H25NO3/c1-2-3-4-5-8-11-20-15-10-7-6-9-13(15)12-14(17)16(18)19/h6-7,9-10,14H,2-5,8,11-12,17H2,1H3,(H,18,19). The lowest BCUT2D eigenvalue weighted by Gasteiger charge is -2.13. The molecule has 1 unspecified atom stereocenters. The van der Waals surface area contributed by atoms with Crippen molar-refractivity contribution in [2.24, 2.45) is 5.73 Å². The van der Waals surface area contributed by atoms with Gasteiger partial charge in [-0.3, -0.25) is 4.79 Å². The Balaban J connectivity index is 2.43. The summed E-state index contributed by atoms with van der Waals surface area (Å²) in [6, 6.07) is 6.62. The fourth-order valence-electron chi connectivity index (χ4n) is 2.03. The number of carbonyl (C=O) groups is 1. The summed E-state index contributed by atoms with van der Waals surface area (Å²) in [6.45, 7) is 2.86. The van der Waals surface area contributed by atoms with E-state index in [0.29, 0.717) is 13.0 Å². The number of hydrogen-bond acceptors (Lipinski definition) is 3. The molecular weight excluding hydrogens is 254 g/mol. The summed E-state index contributed by atoms with van der Waals surface area (Å²) >= 11 is 0. The van der Waals surface area contributed by atoms with Crippen LogP contribution >= 0.6 is 0 Å². The van der Waals surface area contributed by atoms with Crippen LogP contribution < -0.4 is 10.5 Å². The van der Waals surface area contributed by atoms with E-state index in [1.807, 2.05) is 24.3 Å². The zero-order chi connectivity index (χ0) is 14.8. The number of aliphatic carboxylic acids is 1. The van der Waals surface area contributed by atoms with Crippen LogP contribution in [0.15, 0.2) is 24.3 Å². The molecule has 0 saturated carbocycles. The molecule has 0 heterocycles. The number of para-hydroxylation sites is 1. The van der Waals surface area contributed by atoms with Gasteiger partial charge in [-0.25, -0.2) is 0 Å². The van der Waals surface area contributed by atoms with E-state index >= 15 is 0 Å². The summed E-state index contributed by atoms with van der Waals surface area (Å²) in [5.74, 6) is -0.237. The predicted octanol–water partition coefficient (Wildman–Crippen LogP) is 2.99. The second-order valence-electron chi connectivity index (χ2n) is 5.02. The molecule has 0 bridgehead atoms. The maximum Gasteiger partial charge on any atom is 0.320 e. The molecule has 0 radical (unpaired) electrons. The molecule has 4 nitrogen and oxygen atoms in total. The van der Waals surface area contributed by atoms with Crippen LogP contribution in [0.1, 0.15) is 44.6 Å². The quantitative estimate of drug-likeness (QED) is 0.646. The Labute approximate surface area is 120 Å². The molecule has 0 aliphatic carbocycles. The molecule has 0 fully saturated rings. The van der Waals surface area contributed by atoms with E-state index in [2.05, 4.69) is 6.92 Å².